The Morgan fingerprint density at radius 2 is 1.95 bits per heavy atom. The van der Waals surface area contributed by atoms with E-state index in [9.17, 15) is 13.2 Å². The summed E-state index contributed by atoms with van der Waals surface area (Å²) < 4.78 is 31.0. The Labute approximate surface area is 127 Å². The average molecular weight is 318 g/mol. The molecule has 1 saturated carbocycles. The second kappa shape index (κ2) is 7.07. The minimum absolute atomic E-state index is 0.0660. The van der Waals surface area contributed by atoms with E-state index in [4.69, 9.17) is 4.74 Å². The van der Waals surface area contributed by atoms with E-state index in [-0.39, 0.29) is 29.9 Å². The molecule has 2 N–H and O–H groups in total. The van der Waals surface area contributed by atoms with Crippen LogP contribution in [0.4, 0.5) is 0 Å². The van der Waals surface area contributed by atoms with Gasteiger partial charge in [-0.1, -0.05) is 19.8 Å². The zero-order valence-corrected chi connectivity index (χ0v) is 13.6. The average Bonchev–Trinajstić information content (AvgIpc) is 2.82. The number of carbonyl (C=O) groups excluding carboxylic acids is 1. The molecule has 4 atom stereocenters. The highest BCUT2D eigenvalue weighted by molar-refractivity contribution is 7.88. The molecule has 0 bridgehead atoms. The Hall–Kier alpha value is -0.660. The van der Waals surface area contributed by atoms with Crippen LogP contribution < -0.4 is 10.0 Å². The van der Waals surface area contributed by atoms with Crippen LogP contribution in [0.15, 0.2) is 0 Å². The van der Waals surface area contributed by atoms with Gasteiger partial charge in [-0.25, -0.2) is 13.1 Å². The van der Waals surface area contributed by atoms with Crippen LogP contribution in [-0.2, 0) is 19.6 Å². The Bertz CT molecular complexity index is 466. The summed E-state index contributed by atoms with van der Waals surface area (Å²) in [4.78, 5) is 12.1. The Balaban J connectivity index is 1.86. The van der Waals surface area contributed by atoms with Crippen molar-refractivity contribution in [2.45, 2.75) is 51.2 Å². The van der Waals surface area contributed by atoms with E-state index in [1.807, 2.05) is 6.92 Å². The molecule has 0 aromatic heterocycles. The smallest absolute Gasteiger partial charge is 0.249 e. The lowest BCUT2D eigenvalue weighted by molar-refractivity contribution is -0.131. The van der Waals surface area contributed by atoms with Crippen LogP contribution in [0.2, 0.25) is 0 Å². The normalized spacial score (nSPS) is 33.8. The van der Waals surface area contributed by atoms with Gasteiger partial charge in [0.25, 0.3) is 0 Å². The third-order valence-electron chi connectivity index (χ3n) is 4.46. The molecule has 1 amide bonds. The number of sulfonamides is 1. The van der Waals surface area contributed by atoms with Gasteiger partial charge in [0.2, 0.25) is 15.9 Å². The number of rotatable bonds is 5. The molecule has 122 valence electrons. The lowest BCUT2D eigenvalue weighted by Crippen LogP contribution is -2.47. The molecule has 0 aromatic carbocycles. The molecule has 21 heavy (non-hydrogen) atoms. The molecule has 7 heteroatoms. The maximum Gasteiger partial charge on any atom is 0.249 e. The first-order valence-electron chi connectivity index (χ1n) is 7.73. The summed E-state index contributed by atoms with van der Waals surface area (Å²) in [6.45, 7) is 3.17. The van der Waals surface area contributed by atoms with Crippen LogP contribution in [0, 0.1) is 11.8 Å². The number of carbonyl (C=O) groups is 1. The van der Waals surface area contributed by atoms with E-state index in [1.165, 1.54) is 6.26 Å². The third kappa shape index (κ3) is 4.93. The van der Waals surface area contributed by atoms with Gasteiger partial charge in [0.1, 0.15) is 6.10 Å². The highest BCUT2D eigenvalue weighted by atomic mass is 32.2. The van der Waals surface area contributed by atoms with Gasteiger partial charge < -0.3 is 10.1 Å². The predicted molar refractivity (Wildman–Crippen MR) is 80.3 cm³/mol. The van der Waals surface area contributed by atoms with Crippen molar-refractivity contribution >= 4 is 15.9 Å². The molecule has 1 heterocycles. The molecule has 2 rings (SSSR count). The molecule has 2 unspecified atom stereocenters. The fourth-order valence-corrected chi connectivity index (χ4v) is 4.11. The second-order valence-corrected chi connectivity index (χ2v) is 8.12. The highest BCUT2D eigenvalue weighted by Gasteiger charge is 2.32. The van der Waals surface area contributed by atoms with E-state index >= 15 is 0 Å². The van der Waals surface area contributed by atoms with Gasteiger partial charge in [-0.15, -0.1) is 0 Å². The minimum Gasteiger partial charge on any atom is -0.368 e. The lowest BCUT2D eigenvalue weighted by Gasteiger charge is -2.32. The van der Waals surface area contributed by atoms with Crippen LogP contribution in [0.5, 0.6) is 0 Å². The molecular weight excluding hydrogens is 292 g/mol. The first kappa shape index (κ1) is 16.7. The number of hydrogen-bond acceptors (Lipinski definition) is 4. The fourth-order valence-electron chi connectivity index (χ4n) is 3.25. The molecule has 6 nitrogen and oxygen atoms in total. The quantitative estimate of drug-likeness (QED) is 0.779. The minimum atomic E-state index is -3.21. The molecule has 2 fully saturated rings. The molecule has 0 spiro atoms. The van der Waals surface area contributed by atoms with Crippen molar-refractivity contribution in [3.05, 3.63) is 0 Å². The summed E-state index contributed by atoms with van der Waals surface area (Å²) in [5.74, 6) is 0.346. The van der Waals surface area contributed by atoms with Crippen molar-refractivity contribution in [3.63, 3.8) is 0 Å². The zero-order chi connectivity index (χ0) is 15.5. The van der Waals surface area contributed by atoms with E-state index in [2.05, 4.69) is 10.0 Å². The fraction of sp³-hybridized carbons (Fsp3) is 0.929. The molecule has 0 aromatic rings. The van der Waals surface area contributed by atoms with E-state index < -0.39 is 10.0 Å². The summed E-state index contributed by atoms with van der Waals surface area (Å²) in [5.41, 5.74) is 0. The van der Waals surface area contributed by atoms with Gasteiger partial charge in [0.15, 0.2) is 0 Å². The summed E-state index contributed by atoms with van der Waals surface area (Å²) >= 11 is 0. The van der Waals surface area contributed by atoms with Crippen LogP contribution in [0.25, 0.3) is 0 Å². The van der Waals surface area contributed by atoms with E-state index in [1.54, 1.807) is 0 Å². The van der Waals surface area contributed by atoms with Crippen molar-refractivity contribution < 1.29 is 17.9 Å². The van der Waals surface area contributed by atoms with Crippen molar-refractivity contribution in [3.8, 4) is 0 Å². The molecule has 1 saturated heterocycles. The number of nitrogens with one attached hydrogen (secondary N) is 2. The van der Waals surface area contributed by atoms with E-state index in [0.29, 0.717) is 13.2 Å². The third-order valence-corrected chi connectivity index (χ3v) is 5.19. The standard InChI is InChI=1S/C14H26N2O4S/c1-10-7-8-20-13(10)14(17)15-9-11-5-3-4-6-12(11)16-21(2,18)19/h10-13,16H,3-9H2,1-2H3,(H,15,17)/t10-,11?,12?,13+/m1/s1. The van der Waals surface area contributed by atoms with Crippen molar-refractivity contribution in [1.29, 1.82) is 0 Å². The number of amides is 1. The predicted octanol–water partition coefficient (Wildman–Crippen LogP) is 0.636. The number of hydrogen-bond donors (Lipinski definition) is 2. The summed E-state index contributed by atoms with van der Waals surface area (Å²) in [7, 11) is -3.21. The van der Waals surface area contributed by atoms with Gasteiger partial charge >= 0.3 is 0 Å². The highest BCUT2D eigenvalue weighted by Crippen LogP contribution is 2.25. The SMILES string of the molecule is C[C@@H]1CCO[C@@H]1C(=O)NCC1CCCCC1NS(C)(=O)=O. The summed E-state index contributed by atoms with van der Waals surface area (Å²) in [5, 5.41) is 2.94. The van der Waals surface area contributed by atoms with Crippen LogP contribution in [0.1, 0.15) is 39.0 Å². The lowest BCUT2D eigenvalue weighted by atomic mass is 9.85. The molecule has 1 aliphatic carbocycles. The van der Waals surface area contributed by atoms with Crippen LogP contribution in [0.3, 0.4) is 0 Å². The first-order valence-corrected chi connectivity index (χ1v) is 9.62. The molecule has 0 radical (unpaired) electrons. The summed E-state index contributed by atoms with van der Waals surface area (Å²) in [6, 6.07) is -0.0732. The maximum absolute atomic E-state index is 12.1. The van der Waals surface area contributed by atoms with E-state index in [0.717, 1.165) is 32.1 Å². The number of ether oxygens (including phenoxy) is 1. The van der Waals surface area contributed by atoms with Gasteiger partial charge in [0.05, 0.1) is 6.26 Å². The van der Waals surface area contributed by atoms with Gasteiger partial charge in [-0.05, 0) is 31.1 Å². The van der Waals surface area contributed by atoms with Crippen LogP contribution in [-0.4, -0.2) is 45.9 Å². The Kier molecular flexibility index (Phi) is 5.62. The molecule has 2 aliphatic rings. The second-order valence-electron chi connectivity index (χ2n) is 6.34. The van der Waals surface area contributed by atoms with Crippen LogP contribution >= 0.6 is 0 Å². The topological polar surface area (TPSA) is 84.5 Å². The van der Waals surface area contributed by atoms with Gasteiger partial charge in [-0.3, -0.25) is 4.79 Å². The maximum atomic E-state index is 12.1. The van der Waals surface area contributed by atoms with Crippen molar-refractivity contribution in [2.24, 2.45) is 11.8 Å². The van der Waals surface area contributed by atoms with Crippen molar-refractivity contribution in [1.82, 2.24) is 10.0 Å². The Morgan fingerprint density at radius 3 is 2.57 bits per heavy atom. The molecular formula is C14H26N2O4S. The Morgan fingerprint density at radius 1 is 1.24 bits per heavy atom. The summed E-state index contributed by atoms with van der Waals surface area (Å²) in [6.07, 6.45) is 5.64. The van der Waals surface area contributed by atoms with Gasteiger partial charge in [0, 0.05) is 19.2 Å². The monoisotopic (exact) mass is 318 g/mol. The van der Waals surface area contributed by atoms with Gasteiger partial charge in [-0.2, -0.15) is 0 Å². The first-order chi connectivity index (χ1) is 9.87. The van der Waals surface area contributed by atoms with Crippen molar-refractivity contribution in [2.75, 3.05) is 19.4 Å². The zero-order valence-electron chi connectivity index (χ0n) is 12.8. The largest absolute Gasteiger partial charge is 0.368 e. The molecule has 1 aliphatic heterocycles.